The molecule has 4 rings (SSSR count). The van der Waals surface area contributed by atoms with E-state index in [2.05, 4.69) is 20.6 Å². The van der Waals surface area contributed by atoms with E-state index in [4.69, 9.17) is 16.1 Å². The average Bonchev–Trinajstić information content (AvgIpc) is 3.30. The standard InChI is InChI=1S/C18H14ClN5O2/c1-2-16-22-17(23-26-16)11-6-7-13(19)14(9-11)21-18(25)12-10-20-24-8-4-3-5-15(12)24/h3-10H,2H2,1H3,(H,21,25). The van der Waals surface area contributed by atoms with Gasteiger partial charge in [0.25, 0.3) is 5.91 Å². The lowest BCUT2D eigenvalue weighted by molar-refractivity contribution is 0.102. The Kier molecular flexibility index (Phi) is 4.14. The number of carbonyl (C=O) groups is 1. The van der Waals surface area contributed by atoms with E-state index >= 15 is 0 Å². The van der Waals surface area contributed by atoms with Crippen molar-refractivity contribution >= 4 is 28.7 Å². The predicted octanol–water partition coefficient (Wildman–Crippen LogP) is 3.85. The highest BCUT2D eigenvalue weighted by Crippen LogP contribution is 2.28. The van der Waals surface area contributed by atoms with Gasteiger partial charge in [-0.3, -0.25) is 4.79 Å². The number of fused-ring (bicyclic) bond motifs is 1. The first kappa shape index (κ1) is 16.3. The summed E-state index contributed by atoms with van der Waals surface area (Å²) < 4.78 is 6.77. The Morgan fingerprint density at radius 2 is 2.19 bits per heavy atom. The van der Waals surface area contributed by atoms with Crippen LogP contribution in [0.15, 0.2) is 53.3 Å². The van der Waals surface area contributed by atoms with Crippen LogP contribution < -0.4 is 5.32 Å². The van der Waals surface area contributed by atoms with Gasteiger partial charge in [0.15, 0.2) is 0 Å². The molecule has 1 amide bonds. The first-order valence-electron chi connectivity index (χ1n) is 8.02. The minimum absolute atomic E-state index is 0.299. The monoisotopic (exact) mass is 367 g/mol. The number of aromatic nitrogens is 4. The molecule has 0 spiro atoms. The molecule has 3 aromatic heterocycles. The van der Waals surface area contributed by atoms with Crippen LogP contribution in [0.2, 0.25) is 5.02 Å². The van der Waals surface area contributed by atoms with E-state index < -0.39 is 0 Å². The van der Waals surface area contributed by atoms with E-state index in [9.17, 15) is 4.79 Å². The quantitative estimate of drug-likeness (QED) is 0.592. The number of hydrogen-bond acceptors (Lipinski definition) is 5. The minimum atomic E-state index is -0.299. The molecule has 0 atom stereocenters. The Hall–Kier alpha value is -3.19. The average molecular weight is 368 g/mol. The zero-order valence-corrected chi connectivity index (χ0v) is 14.6. The van der Waals surface area contributed by atoms with Crippen LogP contribution in [0.1, 0.15) is 23.2 Å². The van der Waals surface area contributed by atoms with Crippen molar-refractivity contribution < 1.29 is 9.32 Å². The molecule has 1 N–H and O–H groups in total. The molecule has 3 heterocycles. The zero-order valence-electron chi connectivity index (χ0n) is 13.8. The number of hydrogen-bond donors (Lipinski definition) is 1. The van der Waals surface area contributed by atoms with Gasteiger partial charge in [-0.15, -0.1) is 0 Å². The predicted molar refractivity (Wildman–Crippen MR) is 97.3 cm³/mol. The summed E-state index contributed by atoms with van der Waals surface area (Å²) >= 11 is 6.24. The lowest BCUT2D eigenvalue weighted by Gasteiger charge is -2.08. The highest BCUT2D eigenvalue weighted by molar-refractivity contribution is 6.34. The van der Waals surface area contributed by atoms with Crippen LogP contribution in [0.5, 0.6) is 0 Å². The van der Waals surface area contributed by atoms with Gasteiger partial charge >= 0.3 is 0 Å². The summed E-state index contributed by atoms with van der Waals surface area (Å²) in [6.45, 7) is 1.93. The van der Waals surface area contributed by atoms with Crippen molar-refractivity contribution in [1.82, 2.24) is 19.8 Å². The first-order valence-corrected chi connectivity index (χ1v) is 8.39. The highest BCUT2D eigenvalue weighted by atomic mass is 35.5. The van der Waals surface area contributed by atoms with Gasteiger partial charge in [-0.1, -0.05) is 29.7 Å². The Morgan fingerprint density at radius 1 is 1.31 bits per heavy atom. The number of nitrogens with one attached hydrogen (secondary N) is 1. The van der Waals surface area contributed by atoms with Crippen LogP contribution in [0.3, 0.4) is 0 Å². The second-order valence-electron chi connectivity index (χ2n) is 5.60. The normalized spacial score (nSPS) is 11.0. The molecule has 0 unspecified atom stereocenters. The second kappa shape index (κ2) is 6.61. The van der Waals surface area contributed by atoms with E-state index in [1.807, 2.05) is 25.1 Å². The summed E-state index contributed by atoms with van der Waals surface area (Å²) in [6, 6.07) is 10.7. The third-order valence-electron chi connectivity index (χ3n) is 3.91. The Balaban J connectivity index is 1.65. The van der Waals surface area contributed by atoms with Crippen LogP contribution in [-0.2, 0) is 6.42 Å². The van der Waals surface area contributed by atoms with Gasteiger partial charge < -0.3 is 9.84 Å². The summed E-state index contributed by atoms with van der Waals surface area (Å²) in [6.07, 6.45) is 3.95. The van der Waals surface area contributed by atoms with E-state index in [0.717, 1.165) is 0 Å². The molecule has 0 bridgehead atoms. The molecule has 4 aromatic rings. The third kappa shape index (κ3) is 2.93. The summed E-state index contributed by atoms with van der Waals surface area (Å²) in [5.74, 6) is 0.699. The maximum atomic E-state index is 12.7. The molecule has 8 heteroatoms. The lowest BCUT2D eigenvalue weighted by Crippen LogP contribution is -2.12. The number of halogens is 1. The number of carbonyl (C=O) groups excluding carboxylic acids is 1. The number of benzene rings is 1. The van der Waals surface area contributed by atoms with E-state index in [1.165, 1.54) is 6.20 Å². The number of pyridine rings is 1. The molecular weight excluding hydrogens is 354 g/mol. The van der Waals surface area contributed by atoms with Crippen LogP contribution >= 0.6 is 11.6 Å². The second-order valence-corrected chi connectivity index (χ2v) is 6.01. The van der Waals surface area contributed by atoms with Crippen LogP contribution in [0.25, 0.3) is 16.9 Å². The molecule has 0 aliphatic carbocycles. The molecule has 0 aliphatic rings. The van der Waals surface area contributed by atoms with Gasteiger partial charge in [-0.2, -0.15) is 10.1 Å². The van der Waals surface area contributed by atoms with Crippen LogP contribution in [-0.4, -0.2) is 25.7 Å². The maximum Gasteiger partial charge on any atom is 0.259 e. The van der Waals surface area contributed by atoms with Crippen molar-refractivity contribution in [3.63, 3.8) is 0 Å². The van der Waals surface area contributed by atoms with Crippen molar-refractivity contribution in [3.8, 4) is 11.4 Å². The van der Waals surface area contributed by atoms with Crippen molar-refractivity contribution in [2.75, 3.05) is 5.32 Å². The van der Waals surface area contributed by atoms with Crippen molar-refractivity contribution in [2.24, 2.45) is 0 Å². The molecule has 0 saturated carbocycles. The molecule has 0 aliphatic heterocycles. The fraction of sp³-hybridized carbons (Fsp3) is 0.111. The smallest absolute Gasteiger partial charge is 0.259 e. The van der Waals surface area contributed by atoms with Crippen LogP contribution in [0, 0.1) is 0 Å². The van der Waals surface area contributed by atoms with E-state index in [-0.39, 0.29) is 5.91 Å². The number of amides is 1. The van der Waals surface area contributed by atoms with Gasteiger partial charge in [0, 0.05) is 18.2 Å². The number of aryl methyl sites for hydroxylation is 1. The molecule has 130 valence electrons. The Bertz CT molecular complexity index is 1100. The maximum absolute atomic E-state index is 12.7. The zero-order chi connectivity index (χ0) is 18.1. The van der Waals surface area contributed by atoms with Gasteiger partial charge in [-0.25, -0.2) is 4.52 Å². The van der Waals surface area contributed by atoms with Gasteiger partial charge in [0.05, 0.1) is 28.0 Å². The van der Waals surface area contributed by atoms with Crippen molar-refractivity contribution in [2.45, 2.75) is 13.3 Å². The Morgan fingerprint density at radius 3 is 3.00 bits per heavy atom. The Labute approximate surface area is 153 Å². The van der Waals surface area contributed by atoms with E-state index in [1.54, 1.807) is 28.9 Å². The largest absolute Gasteiger partial charge is 0.339 e. The third-order valence-corrected chi connectivity index (χ3v) is 4.24. The minimum Gasteiger partial charge on any atom is -0.339 e. The van der Waals surface area contributed by atoms with Gasteiger partial charge in [-0.05, 0) is 30.3 Å². The fourth-order valence-corrected chi connectivity index (χ4v) is 2.74. The van der Waals surface area contributed by atoms with Crippen molar-refractivity contribution in [3.05, 3.63) is 65.3 Å². The SMILES string of the molecule is CCc1nc(-c2ccc(Cl)c(NC(=O)c3cnn4ccccc34)c2)no1. The summed E-state index contributed by atoms with van der Waals surface area (Å²) in [5, 5.41) is 11.4. The summed E-state index contributed by atoms with van der Waals surface area (Å²) in [4.78, 5) is 17.0. The molecule has 26 heavy (non-hydrogen) atoms. The fourth-order valence-electron chi connectivity index (χ4n) is 2.58. The molecule has 1 aromatic carbocycles. The summed E-state index contributed by atoms with van der Waals surface area (Å²) in [5.41, 5.74) is 2.34. The van der Waals surface area contributed by atoms with E-state index in [0.29, 0.717) is 45.5 Å². The highest BCUT2D eigenvalue weighted by Gasteiger charge is 2.15. The number of anilines is 1. The molecule has 0 fully saturated rings. The van der Waals surface area contributed by atoms with Gasteiger partial charge in [0.1, 0.15) is 0 Å². The summed E-state index contributed by atoms with van der Waals surface area (Å²) in [7, 11) is 0. The van der Waals surface area contributed by atoms with Gasteiger partial charge in [0.2, 0.25) is 11.7 Å². The molecular formula is C18H14ClN5O2. The topological polar surface area (TPSA) is 85.3 Å². The van der Waals surface area contributed by atoms with Crippen LogP contribution in [0.4, 0.5) is 5.69 Å². The molecule has 7 nitrogen and oxygen atoms in total. The molecule has 0 radical (unpaired) electrons. The van der Waals surface area contributed by atoms with Crippen molar-refractivity contribution in [1.29, 1.82) is 0 Å². The number of rotatable bonds is 4. The number of nitrogens with zero attached hydrogens (tertiary/aromatic N) is 4. The lowest BCUT2D eigenvalue weighted by atomic mass is 10.1. The molecule has 0 saturated heterocycles. The first-order chi connectivity index (χ1) is 12.7.